The Hall–Kier alpha value is -3.13. The largest absolute Gasteiger partial charge is 0.497 e. The molecule has 29 heavy (non-hydrogen) atoms. The molecule has 0 aliphatic carbocycles. The first kappa shape index (κ1) is 20.6. The zero-order chi connectivity index (χ0) is 20.8. The lowest BCUT2D eigenvalue weighted by Gasteiger charge is -2.06. The van der Waals surface area contributed by atoms with E-state index in [0.29, 0.717) is 17.3 Å². The van der Waals surface area contributed by atoms with Crippen LogP contribution < -0.4 is 10.1 Å². The highest BCUT2D eigenvalue weighted by Crippen LogP contribution is 2.25. The Morgan fingerprint density at radius 2 is 1.76 bits per heavy atom. The number of amides is 1. The molecule has 1 N–H and O–H groups in total. The van der Waals surface area contributed by atoms with Crippen molar-refractivity contribution in [3.8, 4) is 17.1 Å². The maximum atomic E-state index is 12.5. The van der Waals surface area contributed by atoms with Crippen LogP contribution in [-0.2, 0) is 18.4 Å². The maximum absolute atomic E-state index is 12.5. The summed E-state index contributed by atoms with van der Waals surface area (Å²) in [6, 6.07) is 14.8. The van der Waals surface area contributed by atoms with Crippen molar-refractivity contribution in [3.05, 3.63) is 59.7 Å². The molecule has 0 aliphatic heterocycles. The number of ether oxygens (including phenoxy) is 1. The Balaban J connectivity index is 1.61. The zero-order valence-electron chi connectivity index (χ0n) is 16.5. The lowest BCUT2D eigenvalue weighted by atomic mass is 10.1. The van der Waals surface area contributed by atoms with Crippen molar-refractivity contribution in [1.29, 1.82) is 0 Å². The molecule has 1 amide bonds. The number of carbonyl (C=O) groups is 2. The van der Waals surface area contributed by atoms with Gasteiger partial charge < -0.3 is 14.6 Å². The number of thioether (sulfide) groups is 1. The number of carbonyl (C=O) groups excluding carboxylic acids is 2. The van der Waals surface area contributed by atoms with Crippen LogP contribution >= 0.6 is 11.8 Å². The predicted octanol–water partition coefficient (Wildman–Crippen LogP) is 3.10. The second kappa shape index (κ2) is 9.38. The van der Waals surface area contributed by atoms with Gasteiger partial charge in [-0.05, 0) is 29.8 Å². The van der Waals surface area contributed by atoms with E-state index >= 15 is 0 Å². The lowest BCUT2D eigenvalue weighted by Crippen LogP contribution is -2.18. The standard InChI is InChI=1S/C21H22N4O3S/c1-14(26)22-12-15-4-6-16(7-5-15)19(27)13-29-21-24-23-20(25(21)2)17-8-10-18(28-3)11-9-17/h4-11H,12-13H2,1-3H3,(H,22,26). The van der Waals surface area contributed by atoms with Crippen LogP contribution in [0.2, 0.25) is 0 Å². The van der Waals surface area contributed by atoms with E-state index in [2.05, 4.69) is 15.5 Å². The zero-order valence-corrected chi connectivity index (χ0v) is 17.3. The van der Waals surface area contributed by atoms with E-state index in [0.717, 1.165) is 22.7 Å². The summed E-state index contributed by atoms with van der Waals surface area (Å²) in [6.45, 7) is 1.92. The molecular weight excluding hydrogens is 388 g/mol. The van der Waals surface area contributed by atoms with Gasteiger partial charge in [0, 0.05) is 31.6 Å². The van der Waals surface area contributed by atoms with Crippen LogP contribution in [-0.4, -0.2) is 39.3 Å². The minimum atomic E-state index is -0.0840. The van der Waals surface area contributed by atoms with Crippen LogP contribution in [0.3, 0.4) is 0 Å². The number of aromatic nitrogens is 3. The van der Waals surface area contributed by atoms with Crippen LogP contribution in [0.15, 0.2) is 53.7 Å². The summed E-state index contributed by atoms with van der Waals surface area (Å²) in [6.07, 6.45) is 0. The van der Waals surface area contributed by atoms with Crippen molar-refractivity contribution in [2.75, 3.05) is 12.9 Å². The third-order valence-electron chi connectivity index (χ3n) is 4.33. The van der Waals surface area contributed by atoms with Crippen LogP contribution in [0.25, 0.3) is 11.4 Å². The smallest absolute Gasteiger partial charge is 0.217 e. The number of Topliss-reactive ketones (excluding diaryl/α,β-unsaturated/α-hetero) is 1. The van der Waals surface area contributed by atoms with Crippen LogP contribution in [0.4, 0.5) is 0 Å². The van der Waals surface area contributed by atoms with Crippen molar-refractivity contribution in [2.45, 2.75) is 18.6 Å². The second-order valence-corrected chi connectivity index (χ2v) is 7.35. The Morgan fingerprint density at radius 3 is 2.38 bits per heavy atom. The topological polar surface area (TPSA) is 86.1 Å². The predicted molar refractivity (Wildman–Crippen MR) is 112 cm³/mol. The average molecular weight is 410 g/mol. The van der Waals surface area contributed by atoms with E-state index in [1.165, 1.54) is 18.7 Å². The van der Waals surface area contributed by atoms with Gasteiger partial charge in [0.25, 0.3) is 0 Å². The molecule has 3 rings (SSSR count). The van der Waals surface area contributed by atoms with Crippen molar-refractivity contribution < 1.29 is 14.3 Å². The minimum Gasteiger partial charge on any atom is -0.497 e. The fraction of sp³-hybridized carbons (Fsp3) is 0.238. The van der Waals surface area contributed by atoms with Gasteiger partial charge in [-0.1, -0.05) is 36.0 Å². The molecule has 8 heteroatoms. The second-order valence-electron chi connectivity index (χ2n) is 6.41. The molecule has 0 saturated carbocycles. The molecule has 150 valence electrons. The summed E-state index contributed by atoms with van der Waals surface area (Å²) >= 11 is 1.35. The maximum Gasteiger partial charge on any atom is 0.217 e. The number of methoxy groups -OCH3 is 1. The Kier molecular flexibility index (Phi) is 6.66. The summed E-state index contributed by atoms with van der Waals surface area (Å²) in [5, 5.41) is 11.9. The fourth-order valence-electron chi connectivity index (χ4n) is 2.68. The number of nitrogens with zero attached hydrogens (tertiary/aromatic N) is 3. The Labute approximate surface area is 173 Å². The molecule has 0 bridgehead atoms. The van der Waals surface area contributed by atoms with Crippen molar-refractivity contribution in [2.24, 2.45) is 7.05 Å². The SMILES string of the molecule is COc1ccc(-c2nnc(SCC(=O)c3ccc(CNC(C)=O)cc3)n2C)cc1. The molecule has 0 radical (unpaired) electrons. The van der Waals surface area contributed by atoms with Gasteiger partial charge in [-0.25, -0.2) is 0 Å². The first-order valence-corrected chi connectivity index (χ1v) is 9.99. The summed E-state index contributed by atoms with van der Waals surface area (Å²) in [5.41, 5.74) is 2.50. The van der Waals surface area contributed by atoms with Gasteiger partial charge in [-0.3, -0.25) is 9.59 Å². The first-order valence-electron chi connectivity index (χ1n) is 9.01. The first-order chi connectivity index (χ1) is 14.0. The monoisotopic (exact) mass is 410 g/mol. The molecule has 0 atom stereocenters. The number of hydrogen-bond acceptors (Lipinski definition) is 6. The average Bonchev–Trinajstić information content (AvgIpc) is 3.11. The number of benzene rings is 2. The van der Waals surface area contributed by atoms with E-state index in [9.17, 15) is 9.59 Å². The van der Waals surface area contributed by atoms with Gasteiger partial charge in [0.1, 0.15) is 5.75 Å². The van der Waals surface area contributed by atoms with E-state index in [4.69, 9.17) is 4.74 Å². The van der Waals surface area contributed by atoms with Gasteiger partial charge in [0.15, 0.2) is 16.8 Å². The Bertz CT molecular complexity index is 998. The van der Waals surface area contributed by atoms with Crippen LogP contribution in [0.5, 0.6) is 5.75 Å². The minimum absolute atomic E-state index is 0.00933. The van der Waals surface area contributed by atoms with Gasteiger partial charge >= 0.3 is 0 Å². The number of ketones is 1. The number of nitrogens with one attached hydrogen (secondary N) is 1. The molecule has 2 aromatic carbocycles. The van der Waals surface area contributed by atoms with Crippen molar-refractivity contribution >= 4 is 23.5 Å². The van der Waals surface area contributed by atoms with Crippen LogP contribution in [0.1, 0.15) is 22.8 Å². The third kappa shape index (κ3) is 5.23. The molecule has 0 spiro atoms. The molecule has 0 aliphatic rings. The normalized spacial score (nSPS) is 10.6. The third-order valence-corrected chi connectivity index (χ3v) is 5.35. The summed E-state index contributed by atoms with van der Waals surface area (Å²) in [4.78, 5) is 23.5. The quantitative estimate of drug-likeness (QED) is 0.454. The van der Waals surface area contributed by atoms with E-state index in [1.54, 1.807) is 19.2 Å². The molecule has 1 heterocycles. The van der Waals surface area contributed by atoms with Crippen molar-refractivity contribution in [1.82, 2.24) is 20.1 Å². The molecule has 0 unspecified atom stereocenters. The van der Waals surface area contributed by atoms with Crippen molar-refractivity contribution in [3.63, 3.8) is 0 Å². The number of hydrogen-bond donors (Lipinski definition) is 1. The van der Waals surface area contributed by atoms with E-state index in [-0.39, 0.29) is 17.4 Å². The van der Waals surface area contributed by atoms with Gasteiger partial charge in [-0.2, -0.15) is 0 Å². The molecule has 3 aromatic rings. The van der Waals surface area contributed by atoms with Gasteiger partial charge in [-0.15, -0.1) is 10.2 Å². The molecule has 1 aromatic heterocycles. The van der Waals surface area contributed by atoms with Gasteiger partial charge in [0.2, 0.25) is 5.91 Å². The summed E-state index contributed by atoms with van der Waals surface area (Å²) < 4.78 is 7.05. The highest BCUT2D eigenvalue weighted by molar-refractivity contribution is 7.99. The highest BCUT2D eigenvalue weighted by Gasteiger charge is 2.14. The fourth-order valence-corrected chi connectivity index (χ4v) is 3.49. The molecular formula is C21H22N4O3S. The van der Waals surface area contributed by atoms with E-state index < -0.39 is 0 Å². The lowest BCUT2D eigenvalue weighted by molar-refractivity contribution is -0.119. The van der Waals surface area contributed by atoms with Crippen LogP contribution in [0, 0.1) is 0 Å². The molecule has 7 nitrogen and oxygen atoms in total. The summed E-state index contributed by atoms with van der Waals surface area (Å²) in [7, 11) is 3.50. The molecule has 0 saturated heterocycles. The summed E-state index contributed by atoms with van der Waals surface area (Å²) in [5.74, 6) is 1.69. The van der Waals surface area contributed by atoms with Gasteiger partial charge in [0.05, 0.1) is 12.9 Å². The van der Waals surface area contributed by atoms with E-state index in [1.807, 2.05) is 48.0 Å². The Morgan fingerprint density at radius 1 is 1.07 bits per heavy atom. The molecule has 0 fully saturated rings. The highest BCUT2D eigenvalue weighted by atomic mass is 32.2. The number of rotatable bonds is 8.